The predicted octanol–water partition coefficient (Wildman–Crippen LogP) is 0.865. The number of hydrogen-bond acceptors (Lipinski definition) is 5. The summed E-state index contributed by atoms with van der Waals surface area (Å²) in [4.78, 5) is 11.4. The van der Waals surface area contributed by atoms with E-state index in [0.29, 0.717) is 11.3 Å². The highest BCUT2D eigenvalue weighted by Crippen LogP contribution is 2.40. The van der Waals surface area contributed by atoms with Crippen LogP contribution in [0.5, 0.6) is 11.5 Å². The van der Waals surface area contributed by atoms with Crippen molar-refractivity contribution >= 4 is 5.97 Å². The fourth-order valence-electron chi connectivity index (χ4n) is 1.58. The van der Waals surface area contributed by atoms with Gasteiger partial charge in [-0.1, -0.05) is 0 Å². The normalized spacial score (nSPS) is 18.3. The zero-order valence-corrected chi connectivity index (χ0v) is 8.31. The Hall–Kier alpha value is -1.75. The van der Waals surface area contributed by atoms with E-state index in [2.05, 4.69) is 4.74 Å². The number of hydrogen-bond donors (Lipinski definition) is 1. The lowest BCUT2D eigenvalue weighted by Crippen LogP contribution is -2.00. The molecule has 0 amide bonds. The van der Waals surface area contributed by atoms with Gasteiger partial charge < -0.3 is 19.3 Å². The van der Waals surface area contributed by atoms with Crippen molar-refractivity contribution in [2.24, 2.45) is 0 Å². The van der Waals surface area contributed by atoms with E-state index in [1.54, 1.807) is 12.1 Å². The molecule has 0 saturated carbocycles. The van der Waals surface area contributed by atoms with E-state index in [9.17, 15) is 9.90 Å². The molecule has 0 aromatic heterocycles. The Bertz CT molecular complexity index is 413. The van der Waals surface area contributed by atoms with E-state index in [0.717, 1.165) is 0 Å². The molecule has 0 bridgehead atoms. The van der Waals surface area contributed by atoms with Crippen molar-refractivity contribution in [3.05, 3.63) is 23.3 Å². The van der Waals surface area contributed by atoms with Gasteiger partial charge in [-0.2, -0.15) is 0 Å². The highest BCUT2D eigenvalue weighted by atomic mass is 16.6. The van der Waals surface area contributed by atoms with E-state index in [1.807, 2.05) is 0 Å². The average molecular weight is 210 g/mol. The molecule has 2 rings (SSSR count). The summed E-state index contributed by atoms with van der Waals surface area (Å²) in [7, 11) is 2.90. The van der Waals surface area contributed by atoms with Gasteiger partial charge in [-0.25, -0.2) is 4.79 Å². The van der Waals surface area contributed by atoms with Gasteiger partial charge >= 0.3 is 5.97 Å². The van der Waals surface area contributed by atoms with Gasteiger partial charge in [-0.05, 0) is 12.1 Å². The molecule has 1 unspecified atom stereocenters. The van der Waals surface area contributed by atoms with Crippen LogP contribution in [0.1, 0.15) is 22.2 Å². The Morgan fingerprint density at radius 1 is 1.33 bits per heavy atom. The number of esters is 1. The molecule has 0 radical (unpaired) electrons. The fraction of sp³-hybridized carbons (Fsp3) is 0.300. The monoisotopic (exact) mass is 210 g/mol. The Morgan fingerprint density at radius 2 is 2.07 bits per heavy atom. The van der Waals surface area contributed by atoms with Gasteiger partial charge in [0.05, 0.1) is 14.2 Å². The van der Waals surface area contributed by atoms with E-state index in [-0.39, 0.29) is 11.3 Å². The van der Waals surface area contributed by atoms with Crippen LogP contribution in [-0.4, -0.2) is 25.3 Å². The molecule has 5 heteroatoms. The first-order valence-electron chi connectivity index (χ1n) is 4.33. The maximum Gasteiger partial charge on any atom is 0.345 e. The van der Waals surface area contributed by atoms with Crippen LogP contribution in [-0.2, 0) is 4.74 Å². The molecule has 1 aromatic carbocycles. The molecule has 1 aliphatic rings. The largest absolute Gasteiger partial charge is 0.493 e. The van der Waals surface area contributed by atoms with Crippen LogP contribution >= 0.6 is 0 Å². The van der Waals surface area contributed by atoms with Crippen LogP contribution in [0.4, 0.5) is 0 Å². The first-order chi connectivity index (χ1) is 7.19. The van der Waals surface area contributed by atoms with Gasteiger partial charge in [-0.3, -0.25) is 0 Å². The second-order valence-corrected chi connectivity index (χ2v) is 3.02. The number of carbonyl (C=O) groups excluding carboxylic acids is 1. The lowest BCUT2D eigenvalue weighted by Gasteiger charge is -2.09. The summed E-state index contributed by atoms with van der Waals surface area (Å²) in [6.45, 7) is 0. The number of aliphatic hydroxyl groups is 1. The van der Waals surface area contributed by atoms with E-state index < -0.39 is 12.3 Å². The molecule has 0 saturated heterocycles. The van der Waals surface area contributed by atoms with Crippen molar-refractivity contribution in [2.45, 2.75) is 6.29 Å². The maximum absolute atomic E-state index is 11.4. The van der Waals surface area contributed by atoms with Crippen molar-refractivity contribution < 1.29 is 24.1 Å². The molecular formula is C10H10O5. The molecule has 1 heterocycles. The highest BCUT2D eigenvalue weighted by molar-refractivity contribution is 5.97. The molecule has 0 fully saturated rings. The molecule has 0 aliphatic carbocycles. The first kappa shape index (κ1) is 9.79. The Kier molecular flexibility index (Phi) is 2.24. The second-order valence-electron chi connectivity index (χ2n) is 3.02. The number of benzene rings is 1. The Morgan fingerprint density at radius 3 is 2.67 bits per heavy atom. The quantitative estimate of drug-likeness (QED) is 0.733. The highest BCUT2D eigenvalue weighted by Gasteiger charge is 2.34. The fourth-order valence-corrected chi connectivity index (χ4v) is 1.58. The number of ether oxygens (including phenoxy) is 3. The zero-order chi connectivity index (χ0) is 11.0. The standard InChI is InChI=1S/C10H10O5/c1-13-6-4-3-5-7(8(6)14-2)10(12)15-9(5)11/h3-4,9,11H,1-2H3. The third-order valence-corrected chi connectivity index (χ3v) is 2.27. The minimum absolute atomic E-state index is 0.226. The van der Waals surface area contributed by atoms with Gasteiger partial charge in [0.15, 0.2) is 11.5 Å². The summed E-state index contributed by atoms with van der Waals surface area (Å²) in [6.07, 6.45) is -1.22. The Balaban J connectivity index is 2.65. The molecule has 1 aromatic rings. The van der Waals surface area contributed by atoms with E-state index >= 15 is 0 Å². The summed E-state index contributed by atoms with van der Waals surface area (Å²) in [5.74, 6) is 0.118. The van der Waals surface area contributed by atoms with Gasteiger partial charge in [-0.15, -0.1) is 0 Å². The minimum Gasteiger partial charge on any atom is -0.493 e. The molecule has 1 N–H and O–H groups in total. The van der Waals surface area contributed by atoms with Gasteiger partial charge in [0, 0.05) is 5.56 Å². The van der Waals surface area contributed by atoms with Crippen molar-refractivity contribution in [3.8, 4) is 11.5 Å². The molecule has 80 valence electrons. The van der Waals surface area contributed by atoms with Crippen molar-refractivity contribution in [2.75, 3.05) is 14.2 Å². The molecule has 1 atom stereocenters. The lowest BCUT2D eigenvalue weighted by atomic mass is 10.1. The first-order valence-corrected chi connectivity index (χ1v) is 4.33. The molecule has 15 heavy (non-hydrogen) atoms. The minimum atomic E-state index is -1.22. The summed E-state index contributed by atoms with van der Waals surface area (Å²) >= 11 is 0. The SMILES string of the molecule is COc1ccc2c(c1OC)C(=O)OC2O. The lowest BCUT2D eigenvalue weighted by molar-refractivity contribution is -0.0547. The number of rotatable bonds is 2. The topological polar surface area (TPSA) is 65.0 Å². The zero-order valence-electron chi connectivity index (χ0n) is 8.31. The van der Waals surface area contributed by atoms with E-state index in [4.69, 9.17) is 9.47 Å². The predicted molar refractivity (Wildman–Crippen MR) is 49.9 cm³/mol. The van der Waals surface area contributed by atoms with Crippen LogP contribution in [0.3, 0.4) is 0 Å². The van der Waals surface area contributed by atoms with Crippen LogP contribution in [0, 0.1) is 0 Å². The third kappa shape index (κ3) is 1.32. The van der Waals surface area contributed by atoms with Gasteiger partial charge in [0.25, 0.3) is 0 Å². The smallest absolute Gasteiger partial charge is 0.345 e. The molecule has 5 nitrogen and oxygen atoms in total. The number of carbonyl (C=O) groups is 1. The number of aliphatic hydroxyl groups excluding tert-OH is 1. The van der Waals surface area contributed by atoms with Crippen molar-refractivity contribution in [1.29, 1.82) is 0 Å². The summed E-state index contributed by atoms with van der Waals surface area (Å²) in [5.41, 5.74) is 0.627. The van der Waals surface area contributed by atoms with Crippen molar-refractivity contribution in [3.63, 3.8) is 0 Å². The molecular weight excluding hydrogens is 200 g/mol. The Labute approximate surface area is 86.2 Å². The second kappa shape index (κ2) is 3.43. The van der Waals surface area contributed by atoms with Crippen molar-refractivity contribution in [1.82, 2.24) is 0 Å². The third-order valence-electron chi connectivity index (χ3n) is 2.27. The van der Waals surface area contributed by atoms with Crippen LogP contribution in [0.25, 0.3) is 0 Å². The van der Waals surface area contributed by atoms with Crippen LogP contribution in [0.2, 0.25) is 0 Å². The average Bonchev–Trinajstić information content (AvgIpc) is 2.53. The van der Waals surface area contributed by atoms with Crippen LogP contribution < -0.4 is 9.47 Å². The molecule has 1 aliphatic heterocycles. The number of cyclic esters (lactones) is 1. The number of fused-ring (bicyclic) bond motifs is 1. The van der Waals surface area contributed by atoms with Gasteiger partial charge in [0.2, 0.25) is 6.29 Å². The summed E-state index contributed by atoms with van der Waals surface area (Å²) in [5, 5.41) is 9.40. The maximum atomic E-state index is 11.4. The van der Waals surface area contributed by atoms with Crippen LogP contribution in [0.15, 0.2) is 12.1 Å². The van der Waals surface area contributed by atoms with Gasteiger partial charge in [0.1, 0.15) is 5.56 Å². The summed E-state index contributed by atoms with van der Waals surface area (Å²) < 4.78 is 14.7. The van der Waals surface area contributed by atoms with E-state index in [1.165, 1.54) is 14.2 Å². The number of methoxy groups -OCH3 is 2. The summed E-state index contributed by atoms with van der Waals surface area (Å²) in [6, 6.07) is 3.19. The molecule has 0 spiro atoms.